The number of ether oxygens (including phenoxy) is 1. The lowest BCUT2D eigenvalue weighted by Gasteiger charge is -2.11. The van der Waals surface area contributed by atoms with Gasteiger partial charge in [-0.3, -0.25) is 9.59 Å². The molecule has 0 unspecified atom stereocenters. The molecule has 5 nitrogen and oxygen atoms in total. The van der Waals surface area contributed by atoms with Crippen LogP contribution in [-0.4, -0.2) is 23.6 Å². The van der Waals surface area contributed by atoms with Gasteiger partial charge in [0.2, 0.25) is 5.43 Å². The molecule has 0 bridgehead atoms. The maximum Gasteiger partial charge on any atom is 0.256 e. The van der Waals surface area contributed by atoms with E-state index in [0.717, 1.165) is 11.9 Å². The highest BCUT2D eigenvalue weighted by molar-refractivity contribution is 5.97. The number of hydrogen-bond donors (Lipinski definition) is 1. The van der Waals surface area contributed by atoms with Crippen LogP contribution in [0.2, 0.25) is 0 Å². The fourth-order valence-electron chi connectivity index (χ4n) is 2.46. The average molecular weight is 316 g/mol. The minimum absolute atomic E-state index is 0.164. The molecule has 0 fully saturated rings. The van der Waals surface area contributed by atoms with Crippen molar-refractivity contribution < 1.29 is 9.53 Å². The first-order valence-corrected chi connectivity index (χ1v) is 7.98. The van der Waals surface area contributed by atoms with E-state index in [9.17, 15) is 9.59 Å². The Kier molecular flexibility index (Phi) is 5.42. The maximum absolute atomic E-state index is 12.6. The van der Waals surface area contributed by atoms with Crippen molar-refractivity contribution in [3.8, 4) is 5.75 Å². The molecule has 0 aliphatic carbocycles. The van der Waals surface area contributed by atoms with E-state index in [2.05, 4.69) is 19.2 Å². The number of nitrogens with zero attached hydrogens (tertiary/aromatic N) is 1. The molecule has 1 N–H and O–H groups in total. The summed E-state index contributed by atoms with van der Waals surface area (Å²) in [4.78, 5) is 24.9. The zero-order valence-corrected chi connectivity index (χ0v) is 14.2. The van der Waals surface area contributed by atoms with E-state index in [1.54, 1.807) is 16.8 Å². The van der Waals surface area contributed by atoms with E-state index in [1.807, 2.05) is 26.1 Å². The molecule has 2 aromatic rings. The Balaban J connectivity index is 2.39. The Morgan fingerprint density at radius 1 is 1.35 bits per heavy atom. The molecule has 1 aromatic carbocycles. The van der Waals surface area contributed by atoms with Gasteiger partial charge in [0.25, 0.3) is 5.91 Å². The lowest BCUT2D eigenvalue weighted by Crippen LogP contribution is -2.30. The zero-order chi connectivity index (χ0) is 17.0. The van der Waals surface area contributed by atoms with E-state index in [-0.39, 0.29) is 16.9 Å². The number of nitrogens with one attached hydrogen (secondary N) is 1. The van der Waals surface area contributed by atoms with Crippen molar-refractivity contribution in [2.75, 3.05) is 13.2 Å². The molecule has 124 valence electrons. The number of rotatable bonds is 6. The molecule has 0 aliphatic heterocycles. The van der Waals surface area contributed by atoms with E-state index in [1.165, 1.54) is 0 Å². The van der Waals surface area contributed by atoms with Gasteiger partial charge in [-0.1, -0.05) is 13.8 Å². The molecule has 0 spiro atoms. The highest BCUT2D eigenvalue weighted by atomic mass is 16.5. The lowest BCUT2D eigenvalue weighted by atomic mass is 10.1. The van der Waals surface area contributed by atoms with E-state index >= 15 is 0 Å². The molecule has 1 heterocycles. The quantitative estimate of drug-likeness (QED) is 0.891. The molecule has 0 radical (unpaired) electrons. The van der Waals surface area contributed by atoms with E-state index < -0.39 is 0 Å². The SMILES string of the molecule is CCOc1ccc2c(c1)c(=O)c(C(=O)NCCC(C)C)cn2C. The molecule has 5 heteroatoms. The predicted molar refractivity (Wildman–Crippen MR) is 92.1 cm³/mol. The number of carbonyl (C=O) groups is 1. The molecule has 0 aliphatic rings. The molecule has 0 saturated carbocycles. The number of amides is 1. The third kappa shape index (κ3) is 3.92. The Morgan fingerprint density at radius 3 is 2.74 bits per heavy atom. The van der Waals surface area contributed by atoms with Gasteiger partial charge in [0.15, 0.2) is 0 Å². The highest BCUT2D eigenvalue weighted by Crippen LogP contribution is 2.18. The van der Waals surface area contributed by atoms with Crippen LogP contribution in [0, 0.1) is 5.92 Å². The summed E-state index contributed by atoms with van der Waals surface area (Å²) in [7, 11) is 1.83. The van der Waals surface area contributed by atoms with Crippen molar-refractivity contribution in [1.82, 2.24) is 9.88 Å². The third-order valence-corrected chi connectivity index (χ3v) is 3.72. The number of benzene rings is 1. The number of hydrogen-bond acceptors (Lipinski definition) is 3. The summed E-state index contributed by atoms with van der Waals surface area (Å²) in [6.45, 7) is 7.17. The van der Waals surface area contributed by atoms with Crippen LogP contribution in [0.25, 0.3) is 10.9 Å². The summed E-state index contributed by atoms with van der Waals surface area (Å²) < 4.78 is 7.25. The monoisotopic (exact) mass is 316 g/mol. The van der Waals surface area contributed by atoms with Crippen molar-refractivity contribution in [3.05, 3.63) is 40.2 Å². The van der Waals surface area contributed by atoms with Crippen molar-refractivity contribution in [1.29, 1.82) is 0 Å². The summed E-state index contributed by atoms with van der Waals surface area (Å²) in [6.07, 6.45) is 2.48. The van der Waals surface area contributed by atoms with Crippen LogP contribution in [0.3, 0.4) is 0 Å². The van der Waals surface area contributed by atoms with Crippen LogP contribution < -0.4 is 15.5 Å². The van der Waals surface area contributed by atoms with Gasteiger partial charge in [-0.25, -0.2) is 0 Å². The fourth-order valence-corrected chi connectivity index (χ4v) is 2.46. The van der Waals surface area contributed by atoms with Crippen LogP contribution in [-0.2, 0) is 7.05 Å². The van der Waals surface area contributed by atoms with Crippen molar-refractivity contribution in [2.45, 2.75) is 27.2 Å². The average Bonchev–Trinajstić information content (AvgIpc) is 2.50. The summed E-state index contributed by atoms with van der Waals surface area (Å²) in [5.74, 6) is 0.813. The third-order valence-electron chi connectivity index (χ3n) is 3.72. The van der Waals surface area contributed by atoms with E-state index in [0.29, 0.717) is 30.2 Å². The zero-order valence-electron chi connectivity index (χ0n) is 14.2. The van der Waals surface area contributed by atoms with Gasteiger partial charge < -0.3 is 14.6 Å². The minimum Gasteiger partial charge on any atom is -0.494 e. The molecular weight excluding hydrogens is 292 g/mol. The largest absolute Gasteiger partial charge is 0.494 e. The van der Waals surface area contributed by atoms with Crippen molar-refractivity contribution in [3.63, 3.8) is 0 Å². The molecule has 1 amide bonds. The van der Waals surface area contributed by atoms with Crippen LogP contribution in [0.4, 0.5) is 0 Å². The number of aromatic nitrogens is 1. The molecule has 2 rings (SSSR count). The predicted octanol–water partition coefficient (Wildman–Crippen LogP) is 2.71. The van der Waals surface area contributed by atoms with Gasteiger partial charge in [0, 0.05) is 19.8 Å². The van der Waals surface area contributed by atoms with Crippen molar-refractivity contribution >= 4 is 16.8 Å². The minimum atomic E-state index is -0.324. The van der Waals surface area contributed by atoms with Crippen LogP contribution >= 0.6 is 0 Å². The van der Waals surface area contributed by atoms with Gasteiger partial charge in [0.1, 0.15) is 11.3 Å². The van der Waals surface area contributed by atoms with Gasteiger partial charge in [-0.15, -0.1) is 0 Å². The first-order valence-electron chi connectivity index (χ1n) is 7.98. The van der Waals surface area contributed by atoms with Gasteiger partial charge in [-0.05, 0) is 37.5 Å². The normalized spacial score (nSPS) is 11.0. The van der Waals surface area contributed by atoms with Crippen LogP contribution in [0.5, 0.6) is 5.75 Å². The van der Waals surface area contributed by atoms with Crippen LogP contribution in [0.1, 0.15) is 37.6 Å². The Hall–Kier alpha value is -2.30. The summed E-state index contributed by atoms with van der Waals surface area (Å²) in [5, 5.41) is 3.31. The Morgan fingerprint density at radius 2 is 2.09 bits per heavy atom. The second-order valence-electron chi connectivity index (χ2n) is 6.03. The van der Waals surface area contributed by atoms with Gasteiger partial charge in [0.05, 0.1) is 17.5 Å². The molecule has 1 aromatic heterocycles. The van der Waals surface area contributed by atoms with E-state index in [4.69, 9.17) is 4.74 Å². The smallest absolute Gasteiger partial charge is 0.256 e. The molecular formula is C18H24N2O3. The number of fused-ring (bicyclic) bond motifs is 1. The molecule has 0 atom stereocenters. The van der Waals surface area contributed by atoms with Gasteiger partial charge >= 0.3 is 0 Å². The maximum atomic E-state index is 12.6. The second kappa shape index (κ2) is 7.31. The lowest BCUT2D eigenvalue weighted by molar-refractivity contribution is 0.0950. The van der Waals surface area contributed by atoms with Crippen molar-refractivity contribution in [2.24, 2.45) is 13.0 Å². The number of carbonyl (C=O) groups excluding carboxylic acids is 1. The number of pyridine rings is 1. The van der Waals surface area contributed by atoms with Crippen LogP contribution in [0.15, 0.2) is 29.2 Å². The Labute approximate surface area is 136 Å². The first-order chi connectivity index (χ1) is 10.9. The second-order valence-corrected chi connectivity index (χ2v) is 6.03. The highest BCUT2D eigenvalue weighted by Gasteiger charge is 2.15. The standard InChI is InChI=1S/C18H24N2O3/c1-5-23-13-6-7-16-14(10-13)17(21)15(11-20(16)4)18(22)19-9-8-12(2)3/h6-7,10-12H,5,8-9H2,1-4H3,(H,19,22). The molecule has 0 saturated heterocycles. The summed E-state index contributed by atoms with van der Waals surface area (Å²) >= 11 is 0. The summed E-state index contributed by atoms with van der Waals surface area (Å²) in [6, 6.07) is 5.36. The first kappa shape index (κ1) is 17.1. The molecule has 23 heavy (non-hydrogen) atoms. The summed E-state index contributed by atoms with van der Waals surface area (Å²) in [5.41, 5.74) is 0.677. The van der Waals surface area contributed by atoms with Gasteiger partial charge in [-0.2, -0.15) is 0 Å². The topological polar surface area (TPSA) is 60.3 Å². The Bertz CT molecular complexity index is 763. The number of aryl methyl sites for hydroxylation is 1. The fraction of sp³-hybridized carbons (Fsp3) is 0.444.